The number of rotatable bonds is 6. The topological polar surface area (TPSA) is 45.5 Å². The molecule has 138 valence electrons. The van der Waals surface area contributed by atoms with Gasteiger partial charge >= 0.3 is 5.97 Å². The van der Waals surface area contributed by atoms with Crippen molar-refractivity contribution < 1.29 is 9.90 Å². The number of carboxylic acids is 1. The Hall–Kier alpha value is -2.07. The summed E-state index contributed by atoms with van der Waals surface area (Å²) in [6, 6.07) is 8.63. The molecule has 0 amide bonds. The van der Waals surface area contributed by atoms with Crippen LogP contribution in [0.4, 0.5) is 0 Å². The molecule has 3 unspecified atom stereocenters. The van der Waals surface area contributed by atoms with E-state index in [4.69, 9.17) is 0 Å². The Bertz CT molecular complexity index is 851. The number of para-hydroxylation sites is 1. The van der Waals surface area contributed by atoms with Crippen LogP contribution in [-0.2, 0) is 13.0 Å². The zero-order valence-corrected chi connectivity index (χ0v) is 15.7. The number of carboxylic acid groups (broad SMARTS) is 1. The molecule has 0 radical (unpaired) electrons. The summed E-state index contributed by atoms with van der Waals surface area (Å²) in [5.41, 5.74) is 2.50. The van der Waals surface area contributed by atoms with Gasteiger partial charge in [0.05, 0.1) is 0 Å². The Labute approximate surface area is 155 Å². The molecule has 2 aliphatic heterocycles. The number of aryl methyl sites for hydroxylation is 1. The summed E-state index contributed by atoms with van der Waals surface area (Å²) in [4.78, 5) is 14.6. The van der Waals surface area contributed by atoms with Crippen molar-refractivity contribution in [2.24, 2.45) is 11.8 Å². The van der Waals surface area contributed by atoms with E-state index in [1.807, 2.05) is 29.7 Å². The Morgan fingerprint density at radius 1 is 1.23 bits per heavy atom. The van der Waals surface area contributed by atoms with Gasteiger partial charge in [0.15, 0.2) is 0 Å². The van der Waals surface area contributed by atoms with E-state index in [0.29, 0.717) is 24.2 Å². The van der Waals surface area contributed by atoms with Crippen LogP contribution in [0.3, 0.4) is 0 Å². The monoisotopic (exact) mass is 352 g/mol. The van der Waals surface area contributed by atoms with Gasteiger partial charge in [0.1, 0.15) is 5.69 Å². The summed E-state index contributed by atoms with van der Waals surface area (Å²) in [5, 5.41) is 10.9. The molecule has 0 spiro atoms. The van der Waals surface area contributed by atoms with E-state index in [1.165, 1.54) is 12.8 Å². The summed E-state index contributed by atoms with van der Waals surface area (Å²) in [7, 11) is 0. The molecule has 1 N–H and O–H groups in total. The summed E-state index contributed by atoms with van der Waals surface area (Å²) in [6.45, 7) is 7.03. The fourth-order valence-electron chi connectivity index (χ4n) is 5.12. The zero-order valence-electron chi connectivity index (χ0n) is 15.7. The predicted molar refractivity (Wildman–Crippen MR) is 105 cm³/mol. The van der Waals surface area contributed by atoms with E-state index < -0.39 is 5.97 Å². The van der Waals surface area contributed by atoms with Gasteiger partial charge in [-0.25, -0.2) is 4.79 Å². The lowest BCUT2D eigenvalue weighted by Crippen LogP contribution is -2.50. The van der Waals surface area contributed by atoms with Crippen LogP contribution < -0.4 is 0 Å². The molecule has 5 rings (SSSR count). The average Bonchev–Trinajstić information content (AvgIpc) is 3.00. The second kappa shape index (κ2) is 6.92. The van der Waals surface area contributed by atoms with Gasteiger partial charge < -0.3 is 9.67 Å². The van der Waals surface area contributed by atoms with Crippen molar-refractivity contribution in [3.63, 3.8) is 0 Å². The minimum Gasteiger partial charge on any atom is -0.477 e. The molecule has 3 atom stereocenters. The first-order chi connectivity index (χ1) is 12.6. The number of piperidine rings is 1. The first kappa shape index (κ1) is 17.3. The largest absolute Gasteiger partial charge is 0.477 e. The van der Waals surface area contributed by atoms with Gasteiger partial charge in [0.25, 0.3) is 0 Å². The molecule has 1 aromatic heterocycles. The van der Waals surface area contributed by atoms with Crippen LogP contribution in [0.25, 0.3) is 10.9 Å². The summed E-state index contributed by atoms with van der Waals surface area (Å²) in [6.07, 6.45) is 8.10. The van der Waals surface area contributed by atoms with Gasteiger partial charge in [-0.05, 0) is 43.2 Å². The van der Waals surface area contributed by atoms with Gasteiger partial charge in [0, 0.05) is 36.6 Å². The minimum atomic E-state index is -0.815. The fourth-order valence-corrected chi connectivity index (χ4v) is 5.12. The first-order valence-corrected chi connectivity index (χ1v) is 9.89. The van der Waals surface area contributed by atoms with E-state index in [-0.39, 0.29) is 0 Å². The van der Waals surface area contributed by atoms with E-state index >= 15 is 0 Å². The van der Waals surface area contributed by atoms with E-state index in [0.717, 1.165) is 41.9 Å². The highest BCUT2D eigenvalue weighted by atomic mass is 16.4. The van der Waals surface area contributed by atoms with Crippen LogP contribution in [0.15, 0.2) is 36.4 Å². The third-order valence-electron chi connectivity index (χ3n) is 6.33. The maximum atomic E-state index is 12.0. The molecule has 1 fully saturated rings. The molecular formula is C22H28N2O2. The van der Waals surface area contributed by atoms with Gasteiger partial charge in [-0.2, -0.15) is 0 Å². The summed E-state index contributed by atoms with van der Waals surface area (Å²) in [5.74, 6) is 0.597. The minimum absolute atomic E-state index is 0.471. The zero-order chi connectivity index (χ0) is 18.3. The molecule has 1 aliphatic carbocycles. The SMILES string of the molecule is CCC1CC2C=CC1N(CCc1c(C(=O)O)n(CC)c3ccccc13)C2. The number of hydrogen-bond acceptors (Lipinski definition) is 2. The molecule has 3 aliphatic rings. The third-order valence-corrected chi connectivity index (χ3v) is 6.33. The Balaban J connectivity index is 1.65. The van der Waals surface area contributed by atoms with Crippen LogP contribution in [0, 0.1) is 11.8 Å². The molecule has 4 nitrogen and oxygen atoms in total. The highest BCUT2D eigenvalue weighted by Crippen LogP contribution is 2.36. The molecule has 4 heteroatoms. The van der Waals surface area contributed by atoms with Crippen LogP contribution >= 0.6 is 0 Å². The number of aromatic carboxylic acids is 1. The van der Waals surface area contributed by atoms with E-state index in [1.54, 1.807) is 0 Å². The maximum absolute atomic E-state index is 12.0. The number of hydrogen-bond donors (Lipinski definition) is 1. The highest BCUT2D eigenvalue weighted by Gasteiger charge is 2.36. The van der Waals surface area contributed by atoms with E-state index in [2.05, 4.69) is 30.0 Å². The second-order valence-corrected chi connectivity index (χ2v) is 7.68. The second-order valence-electron chi connectivity index (χ2n) is 7.68. The lowest BCUT2D eigenvalue weighted by Gasteiger charge is -2.46. The maximum Gasteiger partial charge on any atom is 0.352 e. The first-order valence-electron chi connectivity index (χ1n) is 9.89. The van der Waals surface area contributed by atoms with Crippen LogP contribution in [0.5, 0.6) is 0 Å². The van der Waals surface area contributed by atoms with Crippen LogP contribution in [-0.4, -0.2) is 39.7 Å². The van der Waals surface area contributed by atoms with Crippen LogP contribution in [0.1, 0.15) is 42.7 Å². The lowest BCUT2D eigenvalue weighted by molar-refractivity contribution is 0.0681. The number of aromatic nitrogens is 1. The van der Waals surface area contributed by atoms with E-state index in [9.17, 15) is 9.90 Å². The van der Waals surface area contributed by atoms with Gasteiger partial charge in [-0.1, -0.05) is 43.7 Å². The molecule has 1 saturated heterocycles. The van der Waals surface area contributed by atoms with Crippen molar-refractivity contribution in [1.82, 2.24) is 9.47 Å². The van der Waals surface area contributed by atoms with Crippen molar-refractivity contribution in [3.05, 3.63) is 47.7 Å². The summed E-state index contributed by atoms with van der Waals surface area (Å²) >= 11 is 0. The molecular weight excluding hydrogens is 324 g/mol. The number of fused-ring (bicyclic) bond motifs is 3. The quantitative estimate of drug-likeness (QED) is 0.793. The molecule has 2 aromatic rings. The summed E-state index contributed by atoms with van der Waals surface area (Å²) < 4.78 is 1.95. The highest BCUT2D eigenvalue weighted by molar-refractivity contribution is 5.98. The standard InChI is InChI=1S/C22H28N2O2/c1-3-16-13-15-9-10-19(16)23(14-15)12-11-18-17-7-5-6-8-20(17)24(4-2)21(18)22(25)26/h5-10,15-16,19H,3-4,11-14H2,1-2H3,(H,25,26). The predicted octanol–water partition coefficient (Wildman–Crippen LogP) is 4.19. The van der Waals surface area contributed by atoms with Crippen molar-refractivity contribution >= 4 is 16.9 Å². The van der Waals surface area contributed by atoms with Crippen molar-refractivity contribution in [2.75, 3.05) is 13.1 Å². The Morgan fingerprint density at radius 3 is 2.73 bits per heavy atom. The number of nitrogens with zero attached hydrogens (tertiary/aromatic N) is 2. The lowest BCUT2D eigenvalue weighted by atomic mass is 9.76. The smallest absolute Gasteiger partial charge is 0.352 e. The normalized spacial score (nSPS) is 25.2. The van der Waals surface area contributed by atoms with Crippen molar-refractivity contribution in [1.29, 1.82) is 0 Å². The molecule has 1 aromatic carbocycles. The average molecular weight is 352 g/mol. The number of carbonyl (C=O) groups is 1. The Kier molecular flexibility index (Phi) is 4.62. The Morgan fingerprint density at radius 2 is 2.04 bits per heavy atom. The van der Waals surface area contributed by atoms with Gasteiger partial charge in [-0.15, -0.1) is 0 Å². The van der Waals surface area contributed by atoms with Gasteiger partial charge in [0.2, 0.25) is 0 Å². The number of benzene rings is 1. The van der Waals surface area contributed by atoms with Gasteiger partial charge in [-0.3, -0.25) is 4.90 Å². The molecule has 26 heavy (non-hydrogen) atoms. The molecule has 2 bridgehead atoms. The molecule has 3 heterocycles. The third kappa shape index (κ3) is 2.77. The fraction of sp³-hybridized carbons (Fsp3) is 0.500. The van der Waals surface area contributed by atoms with Crippen molar-refractivity contribution in [3.8, 4) is 0 Å². The van der Waals surface area contributed by atoms with Crippen molar-refractivity contribution in [2.45, 2.75) is 45.7 Å². The molecule has 0 saturated carbocycles. The van der Waals surface area contributed by atoms with Crippen LogP contribution in [0.2, 0.25) is 0 Å².